The lowest BCUT2D eigenvalue weighted by Crippen LogP contribution is -2.36. The van der Waals surface area contributed by atoms with Gasteiger partial charge in [-0.05, 0) is 17.5 Å². The van der Waals surface area contributed by atoms with Crippen molar-refractivity contribution in [2.45, 2.75) is 32.5 Å². The summed E-state index contributed by atoms with van der Waals surface area (Å²) in [7, 11) is 3.08. The maximum absolute atomic E-state index is 11.4. The van der Waals surface area contributed by atoms with Gasteiger partial charge in [-0.15, -0.1) is 0 Å². The van der Waals surface area contributed by atoms with Crippen LogP contribution in [0.4, 0.5) is 0 Å². The third-order valence-electron chi connectivity index (χ3n) is 2.75. The Kier molecular flexibility index (Phi) is 6.39. The first kappa shape index (κ1) is 14.7. The molecule has 1 aromatic carbocycles. The molecule has 1 N–H and O–H groups in total. The molecule has 0 amide bonds. The largest absolute Gasteiger partial charge is 0.468 e. The van der Waals surface area contributed by atoms with Crippen molar-refractivity contribution >= 4 is 5.97 Å². The molecular weight excluding hydrogens is 230 g/mol. The van der Waals surface area contributed by atoms with Crippen LogP contribution in [0.1, 0.15) is 24.5 Å². The van der Waals surface area contributed by atoms with Crippen molar-refractivity contribution in [2.75, 3.05) is 14.2 Å². The normalized spacial score (nSPS) is 12.2. The fourth-order valence-corrected chi connectivity index (χ4v) is 1.77. The molecule has 0 fully saturated rings. The Hall–Kier alpha value is -1.39. The molecule has 0 aliphatic heterocycles. The van der Waals surface area contributed by atoms with E-state index in [0.29, 0.717) is 19.6 Å². The summed E-state index contributed by atoms with van der Waals surface area (Å²) < 4.78 is 9.82. The van der Waals surface area contributed by atoms with E-state index in [4.69, 9.17) is 9.47 Å². The highest BCUT2D eigenvalue weighted by Gasteiger charge is 2.15. The molecule has 1 unspecified atom stereocenters. The lowest BCUT2D eigenvalue weighted by molar-refractivity contribution is -0.143. The molecule has 4 nitrogen and oxygen atoms in total. The minimum absolute atomic E-state index is 0.217. The Morgan fingerprint density at radius 3 is 2.67 bits per heavy atom. The maximum Gasteiger partial charge on any atom is 0.322 e. The molecular formula is C14H21NO3. The number of hydrogen-bond acceptors (Lipinski definition) is 4. The minimum atomic E-state index is -0.249. The van der Waals surface area contributed by atoms with Crippen molar-refractivity contribution in [3.63, 3.8) is 0 Å². The Morgan fingerprint density at radius 1 is 1.33 bits per heavy atom. The Morgan fingerprint density at radius 2 is 2.06 bits per heavy atom. The van der Waals surface area contributed by atoms with Crippen molar-refractivity contribution in [3.8, 4) is 0 Å². The van der Waals surface area contributed by atoms with E-state index in [2.05, 4.69) is 11.4 Å². The number of carbonyl (C=O) groups is 1. The molecule has 0 saturated carbocycles. The first-order chi connectivity index (χ1) is 8.71. The van der Waals surface area contributed by atoms with Crippen molar-refractivity contribution < 1.29 is 14.3 Å². The second-order valence-corrected chi connectivity index (χ2v) is 4.12. The molecule has 1 atom stereocenters. The predicted octanol–water partition coefficient (Wildman–Crippen LogP) is 1.87. The molecule has 0 spiro atoms. The standard InChI is InChI=1S/C14H21NO3/c1-4-13(14(16)18-3)15-9-11-6-5-7-12(8-11)10-17-2/h5-8,13,15H,4,9-10H2,1-3H3. The Balaban J connectivity index is 2.56. The van der Waals surface area contributed by atoms with Crippen LogP contribution in [-0.2, 0) is 27.4 Å². The summed E-state index contributed by atoms with van der Waals surface area (Å²) in [5.74, 6) is -0.217. The number of benzene rings is 1. The van der Waals surface area contributed by atoms with E-state index >= 15 is 0 Å². The van der Waals surface area contributed by atoms with E-state index < -0.39 is 0 Å². The molecule has 100 valence electrons. The monoisotopic (exact) mass is 251 g/mol. The van der Waals surface area contributed by atoms with E-state index in [1.54, 1.807) is 7.11 Å². The molecule has 0 aliphatic rings. The maximum atomic E-state index is 11.4. The Labute approximate surface area is 108 Å². The van der Waals surface area contributed by atoms with Gasteiger partial charge in [-0.1, -0.05) is 31.2 Å². The van der Waals surface area contributed by atoms with Crippen LogP contribution >= 0.6 is 0 Å². The van der Waals surface area contributed by atoms with Crippen molar-refractivity contribution in [1.82, 2.24) is 5.32 Å². The van der Waals surface area contributed by atoms with Crippen molar-refractivity contribution in [3.05, 3.63) is 35.4 Å². The van der Waals surface area contributed by atoms with Crippen LogP contribution in [-0.4, -0.2) is 26.2 Å². The van der Waals surface area contributed by atoms with E-state index in [9.17, 15) is 4.79 Å². The minimum Gasteiger partial charge on any atom is -0.468 e. The van der Waals surface area contributed by atoms with Crippen molar-refractivity contribution in [2.24, 2.45) is 0 Å². The zero-order valence-corrected chi connectivity index (χ0v) is 11.2. The first-order valence-electron chi connectivity index (χ1n) is 6.09. The number of hydrogen-bond donors (Lipinski definition) is 1. The molecule has 0 aliphatic carbocycles. The highest BCUT2D eigenvalue weighted by atomic mass is 16.5. The van der Waals surface area contributed by atoms with E-state index in [-0.39, 0.29) is 12.0 Å². The highest BCUT2D eigenvalue weighted by Crippen LogP contribution is 2.07. The molecule has 0 radical (unpaired) electrons. The molecule has 18 heavy (non-hydrogen) atoms. The zero-order chi connectivity index (χ0) is 13.4. The van der Waals surface area contributed by atoms with Crippen LogP contribution in [0, 0.1) is 0 Å². The van der Waals surface area contributed by atoms with Gasteiger partial charge in [0.05, 0.1) is 13.7 Å². The second-order valence-electron chi connectivity index (χ2n) is 4.12. The molecule has 1 aromatic rings. The van der Waals surface area contributed by atoms with E-state index in [1.165, 1.54) is 7.11 Å². The lowest BCUT2D eigenvalue weighted by atomic mass is 10.1. The van der Waals surface area contributed by atoms with Gasteiger partial charge < -0.3 is 14.8 Å². The summed E-state index contributed by atoms with van der Waals surface area (Å²) in [6.45, 7) is 3.20. The number of esters is 1. The number of methoxy groups -OCH3 is 2. The van der Waals surface area contributed by atoms with Gasteiger partial charge in [0.25, 0.3) is 0 Å². The van der Waals surface area contributed by atoms with Gasteiger partial charge in [-0.2, -0.15) is 0 Å². The van der Waals surface area contributed by atoms with Gasteiger partial charge in [0.2, 0.25) is 0 Å². The number of carbonyl (C=O) groups excluding carboxylic acids is 1. The summed E-state index contributed by atoms with van der Waals surface area (Å²) in [5.41, 5.74) is 2.26. The van der Waals surface area contributed by atoms with Gasteiger partial charge in [-0.3, -0.25) is 4.79 Å². The molecule has 0 bridgehead atoms. The van der Waals surface area contributed by atoms with Crippen LogP contribution in [0.3, 0.4) is 0 Å². The molecule has 1 rings (SSSR count). The average Bonchev–Trinajstić information content (AvgIpc) is 2.40. The van der Waals surface area contributed by atoms with Gasteiger partial charge in [0.1, 0.15) is 6.04 Å². The topological polar surface area (TPSA) is 47.6 Å². The summed E-state index contributed by atoms with van der Waals surface area (Å²) in [5, 5.41) is 3.19. The van der Waals surface area contributed by atoms with Crippen LogP contribution in [0.25, 0.3) is 0 Å². The quantitative estimate of drug-likeness (QED) is 0.752. The van der Waals surface area contributed by atoms with Crippen LogP contribution in [0.5, 0.6) is 0 Å². The van der Waals surface area contributed by atoms with Gasteiger partial charge in [-0.25, -0.2) is 0 Å². The van der Waals surface area contributed by atoms with E-state index in [1.807, 2.05) is 25.1 Å². The van der Waals surface area contributed by atoms with E-state index in [0.717, 1.165) is 11.1 Å². The number of ether oxygens (including phenoxy) is 2. The fourth-order valence-electron chi connectivity index (χ4n) is 1.77. The second kappa shape index (κ2) is 7.84. The van der Waals surface area contributed by atoms with Gasteiger partial charge in [0.15, 0.2) is 0 Å². The van der Waals surface area contributed by atoms with Crippen LogP contribution in [0.2, 0.25) is 0 Å². The number of rotatable bonds is 7. The lowest BCUT2D eigenvalue weighted by Gasteiger charge is -2.14. The smallest absolute Gasteiger partial charge is 0.322 e. The van der Waals surface area contributed by atoms with Crippen LogP contribution < -0.4 is 5.32 Å². The van der Waals surface area contributed by atoms with Crippen molar-refractivity contribution in [1.29, 1.82) is 0 Å². The molecule has 4 heteroatoms. The molecule has 0 saturated heterocycles. The third kappa shape index (κ3) is 4.47. The predicted molar refractivity (Wildman–Crippen MR) is 70.1 cm³/mol. The van der Waals surface area contributed by atoms with Crippen LogP contribution in [0.15, 0.2) is 24.3 Å². The number of nitrogens with one attached hydrogen (secondary N) is 1. The third-order valence-corrected chi connectivity index (χ3v) is 2.75. The molecule has 0 aromatic heterocycles. The highest BCUT2D eigenvalue weighted by molar-refractivity contribution is 5.75. The fraction of sp³-hybridized carbons (Fsp3) is 0.500. The summed E-state index contributed by atoms with van der Waals surface area (Å²) >= 11 is 0. The van der Waals surface area contributed by atoms with Gasteiger partial charge >= 0.3 is 5.97 Å². The SMILES string of the molecule is CCC(NCc1cccc(COC)c1)C(=O)OC. The molecule has 0 heterocycles. The zero-order valence-electron chi connectivity index (χ0n) is 11.2. The summed E-state index contributed by atoms with van der Waals surface area (Å²) in [6, 6.07) is 7.85. The first-order valence-corrected chi connectivity index (χ1v) is 6.09. The summed E-state index contributed by atoms with van der Waals surface area (Å²) in [4.78, 5) is 11.4. The average molecular weight is 251 g/mol. The Bertz CT molecular complexity index is 379. The summed E-state index contributed by atoms with van der Waals surface area (Å²) in [6.07, 6.45) is 0.713. The van der Waals surface area contributed by atoms with Gasteiger partial charge in [0, 0.05) is 13.7 Å².